The monoisotopic (exact) mass is 334 g/mol. The third-order valence-electron chi connectivity index (χ3n) is 3.24. The second kappa shape index (κ2) is 6.27. The van der Waals surface area contributed by atoms with E-state index in [1.807, 2.05) is 6.92 Å². The smallest absolute Gasteiger partial charge is 0.289 e. The third kappa shape index (κ3) is 3.70. The Morgan fingerprint density at radius 3 is 2.71 bits per heavy atom. The van der Waals surface area contributed by atoms with Gasteiger partial charge in [-0.25, -0.2) is 13.1 Å². The summed E-state index contributed by atoms with van der Waals surface area (Å²) in [5.74, 6) is 0. The highest BCUT2D eigenvalue weighted by Gasteiger charge is 2.33. The third-order valence-corrected chi connectivity index (χ3v) is 5.08. The number of benzene rings is 1. The first-order valence-corrected chi connectivity index (χ1v) is 8.27. The molecule has 116 valence electrons. The number of ether oxygens (including phenoxy) is 1. The summed E-state index contributed by atoms with van der Waals surface area (Å²) < 4.78 is 32.2. The van der Waals surface area contributed by atoms with Gasteiger partial charge in [-0.05, 0) is 31.9 Å². The normalized spacial score (nSPS) is 21.8. The molecule has 2 rings (SSSR count). The Morgan fingerprint density at radius 1 is 1.48 bits per heavy atom. The summed E-state index contributed by atoms with van der Waals surface area (Å²) in [6, 6.07) is 3.21. The van der Waals surface area contributed by atoms with E-state index in [0.717, 1.165) is 6.07 Å². The fourth-order valence-electron chi connectivity index (χ4n) is 2.12. The van der Waals surface area contributed by atoms with Gasteiger partial charge in [-0.2, -0.15) is 0 Å². The SMILES string of the molecule is CCOC1CC(NS(=O)(=O)c2ccc(Cl)c([N+](=O)[O-])c2)C1. The van der Waals surface area contributed by atoms with Crippen LogP contribution in [-0.4, -0.2) is 32.1 Å². The van der Waals surface area contributed by atoms with E-state index in [4.69, 9.17) is 16.3 Å². The largest absolute Gasteiger partial charge is 0.378 e. The molecule has 9 heteroatoms. The van der Waals surface area contributed by atoms with E-state index in [2.05, 4.69) is 4.72 Å². The van der Waals surface area contributed by atoms with E-state index in [0.29, 0.717) is 19.4 Å². The quantitative estimate of drug-likeness (QED) is 0.634. The summed E-state index contributed by atoms with van der Waals surface area (Å²) in [5.41, 5.74) is -0.430. The first-order chi connectivity index (χ1) is 9.83. The Bertz CT molecular complexity index is 643. The van der Waals surface area contributed by atoms with Crippen LogP contribution in [-0.2, 0) is 14.8 Å². The lowest BCUT2D eigenvalue weighted by molar-refractivity contribution is -0.384. The first kappa shape index (κ1) is 16.2. The molecular formula is C12H15ClN2O5S. The van der Waals surface area contributed by atoms with Crippen molar-refractivity contribution in [3.8, 4) is 0 Å². The van der Waals surface area contributed by atoms with Crippen molar-refractivity contribution >= 4 is 27.3 Å². The van der Waals surface area contributed by atoms with Gasteiger partial charge >= 0.3 is 0 Å². The van der Waals surface area contributed by atoms with Gasteiger partial charge in [-0.3, -0.25) is 10.1 Å². The molecular weight excluding hydrogens is 320 g/mol. The summed E-state index contributed by atoms with van der Waals surface area (Å²) >= 11 is 5.67. The van der Waals surface area contributed by atoms with Crippen LogP contribution in [0.25, 0.3) is 0 Å². The number of hydrogen-bond acceptors (Lipinski definition) is 5. The molecule has 0 aromatic heterocycles. The Balaban J connectivity index is 2.10. The van der Waals surface area contributed by atoms with E-state index in [1.54, 1.807) is 0 Å². The van der Waals surface area contributed by atoms with Gasteiger partial charge in [-0.1, -0.05) is 11.6 Å². The Morgan fingerprint density at radius 2 is 2.14 bits per heavy atom. The molecule has 0 unspecified atom stereocenters. The zero-order valence-corrected chi connectivity index (χ0v) is 12.9. The van der Waals surface area contributed by atoms with Crippen LogP contribution in [0.4, 0.5) is 5.69 Å². The standard InChI is InChI=1S/C12H15ClN2O5S/c1-2-20-9-5-8(6-9)14-21(18,19)10-3-4-11(13)12(7-10)15(16)17/h3-4,7-9,14H,2,5-6H2,1H3. The highest BCUT2D eigenvalue weighted by atomic mass is 35.5. The molecule has 7 nitrogen and oxygen atoms in total. The average Bonchev–Trinajstić information content (AvgIpc) is 2.36. The summed E-state index contributed by atoms with van der Waals surface area (Å²) in [6.07, 6.45) is 1.27. The Kier molecular flexibility index (Phi) is 4.82. The lowest BCUT2D eigenvalue weighted by Gasteiger charge is -2.35. The number of nitro groups is 1. The molecule has 0 bridgehead atoms. The topological polar surface area (TPSA) is 98.5 Å². The molecule has 0 saturated heterocycles. The molecule has 0 spiro atoms. The highest BCUT2D eigenvalue weighted by Crippen LogP contribution is 2.29. The molecule has 21 heavy (non-hydrogen) atoms. The number of halogens is 1. The number of nitro benzene ring substituents is 1. The molecule has 1 fully saturated rings. The minimum atomic E-state index is -3.80. The lowest BCUT2D eigenvalue weighted by Crippen LogP contribution is -2.47. The number of rotatable bonds is 6. The maximum atomic E-state index is 12.2. The van der Waals surface area contributed by atoms with E-state index in [1.165, 1.54) is 12.1 Å². The molecule has 1 aliphatic carbocycles. The fourth-order valence-corrected chi connectivity index (χ4v) is 3.59. The zero-order valence-electron chi connectivity index (χ0n) is 11.3. The van der Waals surface area contributed by atoms with Gasteiger partial charge < -0.3 is 4.74 Å². The van der Waals surface area contributed by atoms with Crippen LogP contribution in [0.5, 0.6) is 0 Å². The predicted octanol–water partition coefficient (Wildman–Crippen LogP) is 2.09. The minimum Gasteiger partial charge on any atom is -0.378 e. The summed E-state index contributed by atoms with van der Waals surface area (Å²) in [4.78, 5) is 9.91. The van der Waals surface area contributed by atoms with Crippen molar-refractivity contribution in [3.63, 3.8) is 0 Å². The van der Waals surface area contributed by atoms with Crippen molar-refractivity contribution in [2.24, 2.45) is 0 Å². The molecule has 0 aliphatic heterocycles. The Hall–Kier alpha value is -1.22. The number of nitrogens with zero attached hydrogens (tertiary/aromatic N) is 1. The second-order valence-corrected chi connectivity index (χ2v) is 6.86. The molecule has 1 saturated carbocycles. The maximum Gasteiger partial charge on any atom is 0.289 e. The summed E-state index contributed by atoms with van der Waals surface area (Å²) in [7, 11) is -3.80. The summed E-state index contributed by atoms with van der Waals surface area (Å²) in [6.45, 7) is 2.47. The molecule has 1 aromatic carbocycles. The van der Waals surface area contributed by atoms with E-state index in [9.17, 15) is 18.5 Å². The van der Waals surface area contributed by atoms with Crippen molar-refractivity contribution in [1.29, 1.82) is 0 Å². The van der Waals surface area contributed by atoms with Crippen molar-refractivity contribution < 1.29 is 18.1 Å². The van der Waals surface area contributed by atoms with Crippen LogP contribution in [0.3, 0.4) is 0 Å². The Labute approximate surface area is 127 Å². The van der Waals surface area contributed by atoms with E-state index in [-0.39, 0.29) is 22.1 Å². The average molecular weight is 335 g/mol. The molecule has 0 radical (unpaired) electrons. The highest BCUT2D eigenvalue weighted by molar-refractivity contribution is 7.89. The number of hydrogen-bond donors (Lipinski definition) is 1. The van der Waals surface area contributed by atoms with Crippen molar-refractivity contribution in [3.05, 3.63) is 33.3 Å². The van der Waals surface area contributed by atoms with Gasteiger partial charge in [0.2, 0.25) is 10.0 Å². The maximum absolute atomic E-state index is 12.2. The van der Waals surface area contributed by atoms with Crippen LogP contribution < -0.4 is 4.72 Å². The van der Waals surface area contributed by atoms with Gasteiger partial charge in [0, 0.05) is 18.7 Å². The molecule has 1 N–H and O–H groups in total. The fraction of sp³-hybridized carbons (Fsp3) is 0.500. The number of sulfonamides is 1. The van der Waals surface area contributed by atoms with E-state index >= 15 is 0 Å². The summed E-state index contributed by atoms with van der Waals surface area (Å²) in [5, 5.41) is 10.7. The minimum absolute atomic E-state index is 0.0715. The van der Waals surface area contributed by atoms with Crippen LogP contribution in [0, 0.1) is 10.1 Å². The second-order valence-electron chi connectivity index (χ2n) is 4.74. The van der Waals surface area contributed by atoms with Crippen LogP contribution in [0.2, 0.25) is 5.02 Å². The molecule has 1 aromatic rings. The molecule has 0 amide bonds. The van der Waals surface area contributed by atoms with Crippen molar-refractivity contribution in [2.75, 3.05) is 6.61 Å². The molecule has 0 heterocycles. The lowest BCUT2D eigenvalue weighted by atomic mass is 9.90. The van der Waals surface area contributed by atoms with Gasteiger partial charge in [0.05, 0.1) is 15.9 Å². The predicted molar refractivity (Wildman–Crippen MR) is 76.9 cm³/mol. The first-order valence-electron chi connectivity index (χ1n) is 6.41. The molecule has 0 atom stereocenters. The van der Waals surface area contributed by atoms with Gasteiger partial charge in [0.25, 0.3) is 5.69 Å². The van der Waals surface area contributed by atoms with Crippen LogP contribution in [0.15, 0.2) is 23.1 Å². The zero-order chi connectivity index (χ0) is 15.6. The van der Waals surface area contributed by atoms with Gasteiger partial charge in [-0.15, -0.1) is 0 Å². The van der Waals surface area contributed by atoms with Crippen molar-refractivity contribution in [2.45, 2.75) is 36.8 Å². The van der Waals surface area contributed by atoms with Crippen LogP contribution in [0.1, 0.15) is 19.8 Å². The number of nitrogens with one attached hydrogen (secondary N) is 1. The molecule has 1 aliphatic rings. The van der Waals surface area contributed by atoms with Gasteiger partial charge in [0.1, 0.15) is 5.02 Å². The van der Waals surface area contributed by atoms with Crippen LogP contribution >= 0.6 is 11.6 Å². The van der Waals surface area contributed by atoms with E-state index < -0.39 is 20.6 Å². The van der Waals surface area contributed by atoms with Gasteiger partial charge in [0.15, 0.2) is 0 Å². The van der Waals surface area contributed by atoms with Crippen molar-refractivity contribution in [1.82, 2.24) is 4.72 Å².